The Hall–Kier alpha value is -3.31. The van der Waals surface area contributed by atoms with E-state index in [9.17, 15) is 30.8 Å². The van der Waals surface area contributed by atoms with Crippen LogP contribution in [0.5, 0.6) is 0 Å². The Labute approximate surface area is 167 Å². The molecule has 0 aliphatic rings. The fourth-order valence-electron chi connectivity index (χ4n) is 2.71. The third-order valence-corrected chi connectivity index (χ3v) is 5.13. The number of alkyl halides is 2. The highest BCUT2D eigenvalue weighted by Gasteiger charge is 2.39. The summed E-state index contributed by atoms with van der Waals surface area (Å²) in [6.07, 6.45) is 0.892. The molecule has 6 nitrogen and oxygen atoms in total. The number of hydrogen-bond acceptors (Lipinski definition) is 4. The molecule has 11 heteroatoms. The molecular weight excluding hydrogens is 426 g/mol. The molecule has 0 radical (unpaired) electrons. The predicted octanol–water partition coefficient (Wildman–Crippen LogP) is 3.40. The van der Waals surface area contributed by atoms with Gasteiger partial charge in [0.25, 0.3) is 5.56 Å². The van der Waals surface area contributed by atoms with Crippen LogP contribution in [0.2, 0.25) is 0 Å². The van der Waals surface area contributed by atoms with E-state index in [1.54, 1.807) is 0 Å². The maximum Gasteiger partial charge on any atom is 0.398 e. The van der Waals surface area contributed by atoms with Gasteiger partial charge in [0.05, 0.1) is 16.7 Å². The largest absolute Gasteiger partial charge is 0.398 e. The number of allylic oxidation sites excluding steroid dienone is 1. The standard InChI is InChI=1S/C19H13F4N3O3S/c1-11(20)19(22,23)26-18(27)17(13-2-6-14(21)7-3-13)16(10-25-26)12-4-8-15(9-5-12)30(24,28)29/h2-10H,1H2,(H2,24,28,29). The first-order valence-electron chi connectivity index (χ1n) is 8.17. The highest BCUT2D eigenvalue weighted by Crippen LogP contribution is 2.33. The van der Waals surface area contributed by atoms with Crippen molar-refractivity contribution in [2.75, 3.05) is 0 Å². The second-order valence-corrected chi connectivity index (χ2v) is 7.73. The highest BCUT2D eigenvalue weighted by atomic mass is 32.2. The van der Waals surface area contributed by atoms with Crippen molar-refractivity contribution in [2.45, 2.75) is 10.9 Å². The number of rotatable bonds is 5. The van der Waals surface area contributed by atoms with Crippen LogP contribution in [0.3, 0.4) is 0 Å². The summed E-state index contributed by atoms with van der Waals surface area (Å²) in [5, 5.41) is 8.40. The minimum absolute atomic E-state index is 0.0316. The lowest BCUT2D eigenvalue weighted by Crippen LogP contribution is -2.37. The van der Waals surface area contributed by atoms with Gasteiger partial charge in [-0.05, 0) is 35.4 Å². The second-order valence-electron chi connectivity index (χ2n) is 6.17. The van der Waals surface area contributed by atoms with Gasteiger partial charge >= 0.3 is 6.05 Å². The molecular formula is C19H13F4N3O3S. The van der Waals surface area contributed by atoms with Crippen molar-refractivity contribution in [2.24, 2.45) is 5.14 Å². The number of primary sulfonamides is 1. The number of nitrogens with two attached hydrogens (primary N) is 1. The highest BCUT2D eigenvalue weighted by molar-refractivity contribution is 7.89. The zero-order valence-electron chi connectivity index (χ0n) is 15.0. The Kier molecular flexibility index (Phi) is 5.35. The normalized spacial score (nSPS) is 12.0. The van der Waals surface area contributed by atoms with Crippen LogP contribution in [-0.4, -0.2) is 18.2 Å². The molecule has 0 aliphatic carbocycles. The molecule has 1 aromatic heterocycles. The van der Waals surface area contributed by atoms with Gasteiger partial charge in [0.1, 0.15) is 5.82 Å². The third-order valence-electron chi connectivity index (χ3n) is 4.20. The molecule has 2 aromatic carbocycles. The lowest BCUT2D eigenvalue weighted by atomic mass is 9.97. The average Bonchev–Trinajstić information content (AvgIpc) is 2.67. The summed E-state index contributed by atoms with van der Waals surface area (Å²) in [6.45, 7) is 2.54. The van der Waals surface area contributed by atoms with Crippen molar-refractivity contribution in [1.82, 2.24) is 9.78 Å². The fourth-order valence-corrected chi connectivity index (χ4v) is 3.22. The summed E-state index contributed by atoms with van der Waals surface area (Å²) >= 11 is 0. The van der Waals surface area contributed by atoms with Crippen LogP contribution in [0.1, 0.15) is 0 Å². The summed E-state index contributed by atoms with van der Waals surface area (Å²) in [4.78, 5) is 12.6. The molecule has 0 fully saturated rings. The van der Waals surface area contributed by atoms with Crippen LogP contribution in [0.25, 0.3) is 22.3 Å². The van der Waals surface area contributed by atoms with Gasteiger partial charge in [-0.3, -0.25) is 4.79 Å². The SMILES string of the molecule is C=C(F)C(F)(F)n1ncc(-c2ccc(S(N)(=O)=O)cc2)c(-c2ccc(F)cc2)c1=O. The van der Waals surface area contributed by atoms with Gasteiger partial charge in [0.15, 0.2) is 5.83 Å². The number of hydrogen-bond donors (Lipinski definition) is 1. The Morgan fingerprint density at radius 1 is 1.03 bits per heavy atom. The van der Waals surface area contributed by atoms with E-state index in [2.05, 4.69) is 11.7 Å². The van der Waals surface area contributed by atoms with Crippen LogP contribution in [0.4, 0.5) is 17.6 Å². The first kappa shape index (κ1) is 21.4. The van der Waals surface area contributed by atoms with Gasteiger partial charge < -0.3 is 0 Å². The Morgan fingerprint density at radius 2 is 1.57 bits per heavy atom. The molecule has 0 saturated heterocycles. The van der Waals surface area contributed by atoms with Crippen molar-refractivity contribution in [3.8, 4) is 22.3 Å². The van der Waals surface area contributed by atoms with Crippen LogP contribution in [0.15, 0.2) is 76.8 Å². The zero-order chi connectivity index (χ0) is 22.3. The van der Waals surface area contributed by atoms with Crippen LogP contribution < -0.4 is 10.7 Å². The Morgan fingerprint density at radius 3 is 2.07 bits per heavy atom. The van der Waals surface area contributed by atoms with Crippen molar-refractivity contribution < 1.29 is 26.0 Å². The van der Waals surface area contributed by atoms with Gasteiger partial charge in [-0.15, -0.1) is 0 Å². The summed E-state index contributed by atoms with van der Waals surface area (Å²) < 4.78 is 77.2. The van der Waals surface area contributed by atoms with Crippen molar-refractivity contribution >= 4 is 10.0 Å². The summed E-state index contributed by atoms with van der Waals surface area (Å²) in [7, 11) is -3.99. The lowest BCUT2D eigenvalue weighted by Gasteiger charge is -2.18. The van der Waals surface area contributed by atoms with E-state index in [4.69, 9.17) is 5.14 Å². The molecule has 156 valence electrons. The average molecular weight is 439 g/mol. The van der Waals surface area contributed by atoms with Crippen LogP contribution in [0, 0.1) is 5.82 Å². The smallest absolute Gasteiger partial charge is 0.267 e. The maximum atomic E-state index is 14.1. The maximum absolute atomic E-state index is 14.1. The van der Waals surface area contributed by atoms with E-state index in [0.29, 0.717) is 0 Å². The Balaban J connectivity index is 2.31. The van der Waals surface area contributed by atoms with Gasteiger partial charge in [-0.2, -0.15) is 18.6 Å². The monoisotopic (exact) mass is 439 g/mol. The summed E-state index contributed by atoms with van der Waals surface area (Å²) in [6, 6.07) is 4.87. The number of benzene rings is 2. The molecule has 0 unspecified atom stereocenters. The van der Waals surface area contributed by atoms with Crippen molar-refractivity contribution in [1.29, 1.82) is 0 Å². The van der Waals surface area contributed by atoms with E-state index >= 15 is 0 Å². The van der Waals surface area contributed by atoms with Crippen LogP contribution >= 0.6 is 0 Å². The minimum Gasteiger partial charge on any atom is -0.267 e. The molecule has 0 bridgehead atoms. The molecule has 0 saturated carbocycles. The van der Waals surface area contributed by atoms with Gasteiger partial charge in [-0.25, -0.2) is 22.3 Å². The van der Waals surface area contributed by atoms with E-state index in [0.717, 1.165) is 30.5 Å². The molecule has 2 N–H and O–H groups in total. The molecule has 3 rings (SSSR count). The van der Waals surface area contributed by atoms with Crippen molar-refractivity contribution in [3.05, 3.63) is 83.3 Å². The number of halogens is 4. The van der Waals surface area contributed by atoms with E-state index < -0.39 is 33.3 Å². The third kappa shape index (κ3) is 3.89. The quantitative estimate of drug-likeness (QED) is 0.617. The number of nitrogens with zero attached hydrogens (tertiary/aromatic N) is 2. The summed E-state index contributed by atoms with van der Waals surface area (Å²) in [5.74, 6) is -2.72. The van der Waals surface area contributed by atoms with E-state index in [1.807, 2.05) is 0 Å². The van der Waals surface area contributed by atoms with E-state index in [-0.39, 0.29) is 31.8 Å². The van der Waals surface area contributed by atoms with Crippen LogP contribution in [-0.2, 0) is 16.1 Å². The minimum atomic E-state index is -4.41. The van der Waals surface area contributed by atoms with Crippen molar-refractivity contribution in [3.63, 3.8) is 0 Å². The molecule has 0 spiro atoms. The molecule has 1 heterocycles. The van der Waals surface area contributed by atoms with E-state index in [1.165, 1.54) is 24.3 Å². The number of aromatic nitrogens is 2. The molecule has 0 atom stereocenters. The van der Waals surface area contributed by atoms with Gasteiger partial charge in [0.2, 0.25) is 10.0 Å². The Bertz CT molecular complexity index is 1290. The molecule has 3 aromatic rings. The first-order chi connectivity index (χ1) is 13.9. The summed E-state index contributed by atoms with van der Waals surface area (Å²) in [5.41, 5.74) is -1.36. The first-order valence-corrected chi connectivity index (χ1v) is 9.72. The predicted molar refractivity (Wildman–Crippen MR) is 101 cm³/mol. The van der Waals surface area contributed by atoms with Gasteiger partial charge in [-0.1, -0.05) is 30.8 Å². The molecule has 0 aliphatic heterocycles. The molecule has 0 amide bonds. The second kappa shape index (κ2) is 7.50. The fraction of sp³-hybridized carbons (Fsp3) is 0.0526. The molecule has 30 heavy (non-hydrogen) atoms. The zero-order valence-corrected chi connectivity index (χ0v) is 15.8. The van der Waals surface area contributed by atoms with Gasteiger partial charge in [0, 0.05) is 5.56 Å². The lowest BCUT2D eigenvalue weighted by molar-refractivity contribution is -0.0754. The topological polar surface area (TPSA) is 95.1 Å². The number of sulfonamides is 1.